The van der Waals surface area contributed by atoms with E-state index in [0.29, 0.717) is 4.47 Å². The van der Waals surface area contributed by atoms with Crippen LogP contribution in [0.5, 0.6) is 0 Å². The van der Waals surface area contributed by atoms with E-state index in [1.54, 1.807) is 6.07 Å². The SMILES string of the molecule is FC(F)(F)c1[c-]c(Br)ccc1.FC(F)(F)c1ccccc1Br.O=C(O)c1c(Br)cccc1C(F)(F)F.O=C=O.[Li+]. The molecule has 0 amide bonds. The fourth-order valence-corrected chi connectivity index (χ4v) is 3.69. The molecule has 0 saturated carbocycles. The quantitative estimate of drug-likeness (QED) is 0.179. The van der Waals surface area contributed by atoms with Crippen molar-refractivity contribution in [3.05, 3.63) is 102 Å². The molecule has 0 aromatic heterocycles. The van der Waals surface area contributed by atoms with Gasteiger partial charge in [0.2, 0.25) is 0 Å². The normalized spacial score (nSPS) is 10.6. The Morgan fingerprint density at radius 1 is 0.675 bits per heavy atom. The molecule has 0 aliphatic carbocycles. The molecule has 0 atom stereocenters. The van der Waals surface area contributed by atoms with Crippen LogP contribution in [0.2, 0.25) is 0 Å². The van der Waals surface area contributed by atoms with Crippen LogP contribution in [-0.4, -0.2) is 17.2 Å². The molecule has 1 N–H and O–H groups in total. The summed E-state index contributed by atoms with van der Waals surface area (Å²) in [6.07, 6.45) is -13.0. The van der Waals surface area contributed by atoms with E-state index < -0.39 is 46.8 Å². The van der Waals surface area contributed by atoms with Gasteiger partial charge in [-0.15, -0.1) is 0 Å². The largest absolute Gasteiger partial charge is 1.00 e. The van der Waals surface area contributed by atoms with Crippen LogP contribution in [0, 0.1) is 6.07 Å². The van der Waals surface area contributed by atoms with Crippen molar-refractivity contribution in [3.63, 3.8) is 0 Å². The fraction of sp³-hybridized carbons (Fsp3) is 0.130. The van der Waals surface area contributed by atoms with Crippen LogP contribution in [-0.2, 0) is 28.1 Å². The molecule has 0 bridgehead atoms. The number of carboxylic acids is 1. The van der Waals surface area contributed by atoms with Gasteiger partial charge in [-0.1, -0.05) is 60.1 Å². The smallest absolute Gasteiger partial charge is 0.478 e. The van der Waals surface area contributed by atoms with Gasteiger partial charge in [0.15, 0.2) is 0 Å². The van der Waals surface area contributed by atoms with Crippen molar-refractivity contribution >= 4 is 59.9 Å². The van der Waals surface area contributed by atoms with Crippen LogP contribution in [0.1, 0.15) is 27.0 Å². The van der Waals surface area contributed by atoms with Crippen molar-refractivity contribution in [1.82, 2.24) is 0 Å². The molecule has 3 aromatic rings. The zero-order valence-electron chi connectivity index (χ0n) is 19.5. The second kappa shape index (κ2) is 17.7. The van der Waals surface area contributed by atoms with E-state index in [1.165, 1.54) is 30.3 Å². The van der Waals surface area contributed by atoms with E-state index in [9.17, 15) is 44.3 Å². The van der Waals surface area contributed by atoms with E-state index in [-0.39, 0.29) is 34.0 Å². The minimum atomic E-state index is -4.66. The number of carbonyl (C=O) groups is 1. The van der Waals surface area contributed by atoms with Crippen molar-refractivity contribution in [2.45, 2.75) is 18.5 Å². The maximum atomic E-state index is 12.3. The van der Waals surface area contributed by atoms with Gasteiger partial charge in [-0.25, -0.2) is 4.79 Å². The number of hydrogen-bond acceptors (Lipinski definition) is 3. The predicted octanol–water partition coefficient (Wildman–Crippen LogP) is 6.32. The second-order valence-corrected chi connectivity index (χ2v) is 9.00. The zero-order valence-corrected chi connectivity index (χ0v) is 24.2. The number of carbonyl (C=O) groups excluding carboxylic acids is 2. The number of rotatable bonds is 1. The van der Waals surface area contributed by atoms with Crippen molar-refractivity contribution in [2.24, 2.45) is 0 Å². The molecule has 17 heteroatoms. The van der Waals surface area contributed by atoms with E-state index in [0.717, 1.165) is 24.3 Å². The molecular formula is C23H11Br3F9LiO4. The Balaban J connectivity index is 0. The summed E-state index contributed by atoms with van der Waals surface area (Å²) in [5, 5.41) is 8.58. The van der Waals surface area contributed by atoms with Gasteiger partial charge in [-0.05, 0) is 40.2 Å². The van der Waals surface area contributed by atoms with Gasteiger partial charge in [0.25, 0.3) is 0 Å². The first-order valence-electron chi connectivity index (χ1n) is 9.42. The van der Waals surface area contributed by atoms with Gasteiger partial charge in [-0.3, -0.25) is 0 Å². The van der Waals surface area contributed by atoms with E-state index in [1.807, 2.05) is 0 Å². The molecule has 3 aromatic carbocycles. The Morgan fingerprint density at radius 3 is 1.43 bits per heavy atom. The predicted molar refractivity (Wildman–Crippen MR) is 128 cm³/mol. The number of carboxylic acid groups (broad SMARTS) is 1. The van der Waals surface area contributed by atoms with Gasteiger partial charge in [0.05, 0.1) is 16.7 Å². The number of aromatic carboxylic acids is 1. The molecule has 0 heterocycles. The average Bonchev–Trinajstić information content (AvgIpc) is 2.78. The zero-order chi connectivity index (χ0) is 30.6. The van der Waals surface area contributed by atoms with Crippen molar-refractivity contribution in [3.8, 4) is 0 Å². The first-order valence-corrected chi connectivity index (χ1v) is 11.8. The minimum absolute atomic E-state index is 0. The Bertz CT molecular complexity index is 1280. The molecule has 0 aliphatic heterocycles. The summed E-state index contributed by atoms with van der Waals surface area (Å²) in [6, 6.07) is 14.3. The van der Waals surface area contributed by atoms with Crippen LogP contribution >= 0.6 is 47.8 Å². The maximum absolute atomic E-state index is 12.3. The van der Waals surface area contributed by atoms with Crippen LogP contribution in [0.3, 0.4) is 0 Å². The Kier molecular flexibility index (Phi) is 17.7. The van der Waals surface area contributed by atoms with Crippen LogP contribution in [0.4, 0.5) is 39.5 Å². The first-order chi connectivity index (χ1) is 17.8. The van der Waals surface area contributed by atoms with Gasteiger partial charge < -0.3 is 5.11 Å². The summed E-state index contributed by atoms with van der Waals surface area (Å²) in [7, 11) is 0. The Hall–Kier alpha value is -2.08. The second-order valence-electron chi connectivity index (χ2n) is 6.44. The molecule has 0 radical (unpaired) electrons. The molecule has 0 fully saturated rings. The molecule has 212 valence electrons. The number of alkyl halides is 9. The van der Waals surface area contributed by atoms with Crippen molar-refractivity contribution in [2.75, 3.05) is 0 Å². The summed E-state index contributed by atoms with van der Waals surface area (Å²) in [6.45, 7) is 0. The van der Waals surface area contributed by atoms with Crippen LogP contribution in [0.25, 0.3) is 0 Å². The molecule has 0 spiro atoms. The molecule has 0 saturated heterocycles. The van der Waals surface area contributed by atoms with Crippen LogP contribution in [0.15, 0.2) is 74.1 Å². The van der Waals surface area contributed by atoms with Gasteiger partial charge in [0.1, 0.15) is 0 Å². The van der Waals surface area contributed by atoms with Crippen molar-refractivity contribution < 1.29 is 77.9 Å². The number of hydrogen-bond donors (Lipinski definition) is 1. The van der Waals surface area contributed by atoms with Gasteiger partial charge >= 0.3 is 49.5 Å². The number of halogens is 12. The third-order valence-corrected chi connectivity index (χ3v) is 5.59. The molecule has 3 rings (SSSR count). The number of benzene rings is 3. The fourth-order valence-electron chi connectivity index (χ4n) is 2.27. The monoisotopic (exact) mass is 766 g/mol. The topological polar surface area (TPSA) is 71.4 Å². The van der Waals surface area contributed by atoms with Gasteiger partial charge in [0, 0.05) is 8.95 Å². The molecule has 0 unspecified atom stereocenters. The van der Waals surface area contributed by atoms with E-state index in [2.05, 4.69) is 53.9 Å². The molecule has 4 nitrogen and oxygen atoms in total. The van der Waals surface area contributed by atoms with Gasteiger partial charge in [-0.2, -0.15) is 73.4 Å². The van der Waals surface area contributed by atoms with Crippen molar-refractivity contribution in [1.29, 1.82) is 0 Å². The van der Waals surface area contributed by atoms with E-state index in [4.69, 9.17) is 14.7 Å². The maximum Gasteiger partial charge on any atom is 1.00 e. The Labute approximate surface area is 257 Å². The average molecular weight is 769 g/mol. The molecule has 40 heavy (non-hydrogen) atoms. The van der Waals surface area contributed by atoms with Crippen LogP contribution < -0.4 is 18.9 Å². The summed E-state index contributed by atoms with van der Waals surface area (Å²) in [5.74, 6) is -1.61. The summed E-state index contributed by atoms with van der Waals surface area (Å²) >= 11 is 8.47. The molecule has 0 aliphatic rings. The minimum Gasteiger partial charge on any atom is -0.478 e. The summed E-state index contributed by atoms with van der Waals surface area (Å²) in [5.41, 5.74) is -3.31. The summed E-state index contributed by atoms with van der Waals surface area (Å²) < 4.78 is 109. The third kappa shape index (κ3) is 14.5. The third-order valence-electron chi connectivity index (χ3n) is 3.78. The van der Waals surface area contributed by atoms with E-state index >= 15 is 0 Å². The molecular weight excluding hydrogens is 758 g/mol. The standard InChI is InChI=1S/C8H4BrF3O2.C7H3BrF3.C7H4BrF3.CO2.Li/c9-5-3-1-2-4(8(10,11)12)6(5)7(13)14;8-6-3-1-2-5(4-6)7(9,10)11;8-6-4-2-1-3-5(6)7(9,10)11;2-1-3;/h1-3H,(H,13,14);1-3H;1-4H;;/q;-1;;;+1. The Morgan fingerprint density at radius 2 is 1.10 bits per heavy atom. The first kappa shape index (κ1) is 40.1. The summed E-state index contributed by atoms with van der Waals surface area (Å²) in [4.78, 5) is 26.8.